The lowest BCUT2D eigenvalue weighted by atomic mass is 10.1. The van der Waals surface area contributed by atoms with Crippen LogP contribution in [0.25, 0.3) is 0 Å². The minimum Gasteiger partial charge on any atom is -0.495 e. The molecule has 1 aromatic heterocycles. The van der Waals surface area contributed by atoms with Crippen molar-refractivity contribution in [2.24, 2.45) is 0 Å². The van der Waals surface area contributed by atoms with E-state index in [0.29, 0.717) is 0 Å². The lowest BCUT2D eigenvalue weighted by Crippen LogP contribution is -2.20. The number of carboxylic acid groups (broad SMARTS) is 1. The molecule has 0 unspecified atom stereocenters. The van der Waals surface area contributed by atoms with Crippen molar-refractivity contribution in [3.63, 3.8) is 0 Å². The normalized spacial score (nSPS) is 11.2. The Bertz CT molecular complexity index is 479. The van der Waals surface area contributed by atoms with E-state index in [9.17, 15) is 18.0 Å². The summed E-state index contributed by atoms with van der Waals surface area (Å²) in [4.78, 5) is 14.2. The van der Waals surface area contributed by atoms with E-state index in [1.807, 2.05) is 0 Å². The second-order valence-corrected chi connectivity index (χ2v) is 3.60. The van der Waals surface area contributed by atoms with Gasteiger partial charge in [0.2, 0.25) is 0 Å². The van der Waals surface area contributed by atoms with Gasteiger partial charge in [0.15, 0.2) is 5.75 Å². The summed E-state index contributed by atoms with van der Waals surface area (Å²) in [5, 5.41) is 8.64. The van der Waals surface area contributed by atoms with Gasteiger partial charge in [-0.15, -0.1) is 24.8 Å². The standard InChI is InChI=1S/C10H9ClF3NO4/c1-18-7-4-15-6(2-8(16)17)9(5(7)3-11)19-10(12,13)14/h4H,2-3H2,1H3,(H,16,17). The first-order valence-corrected chi connectivity index (χ1v) is 5.40. The van der Waals surface area contributed by atoms with Crippen LogP contribution < -0.4 is 9.47 Å². The van der Waals surface area contributed by atoms with Gasteiger partial charge in [0, 0.05) is 0 Å². The average Bonchev–Trinajstić information content (AvgIpc) is 2.28. The van der Waals surface area contributed by atoms with Gasteiger partial charge in [-0.25, -0.2) is 0 Å². The molecule has 9 heteroatoms. The molecule has 0 atom stereocenters. The number of aromatic nitrogens is 1. The number of hydrogen-bond donors (Lipinski definition) is 1. The van der Waals surface area contributed by atoms with E-state index in [4.69, 9.17) is 21.4 Å². The Hall–Kier alpha value is -1.70. The van der Waals surface area contributed by atoms with Gasteiger partial charge in [0.05, 0.1) is 36.9 Å². The number of halogens is 4. The smallest absolute Gasteiger partial charge is 0.495 e. The fourth-order valence-corrected chi connectivity index (χ4v) is 1.62. The molecule has 0 aliphatic rings. The molecular formula is C10H9ClF3NO4. The van der Waals surface area contributed by atoms with Gasteiger partial charge in [0.25, 0.3) is 0 Å². The van der Waals surface area contributed by atoms with Crippen molar-refractivity contribution < 1.29 is 32.5 Å². The van der Waals surface area contributed by atoms with Gasteiger partial charge in [-0.3, -0.25) is 9.78 Å². The van der Waals surface area contributed by atoms with E-state index in [1.54, 1.807) is 0 Å². The van der Waals surface area contributed by atoms with Crippen molar-refractivity contribution in [1.82, 2.24) is 4.98 Å². The van der Waals surface area contributed by atoms with Gasteiger partial charge in [-0.2, -0.15) is 0 Å². The zero-order chi connectivity index (χ0) is 14.6. The van der Waals surface area contributed by atoms with Crippen molar-refractivity contribution in [2.45, 2.75) is 18.7 Å². The first-order chi connectivity index (χ1) is 8.78. The zero-order valence-corrected chi connectivity index (χ0v) is 10.4. The molecule has 0 bridgehead atoms. The molecule has 1 aromatic rings. The highest BCUT2D eigenvalue weighted by molar-refractivity contribution is 6.17. The summed E-state index contributed by atoms with van der Waals surface area (Å²) >= 11 is 5.55. The third kappa shape index (κ3) is 4.16. The largest absolute Gasteiger partial charge is 0.573 e. The molecule has 0 amide bonds. The number of rotatable bonds is 5. The summed E-state index contributed by atoms with van der Waals surface area (Å²) in [7, 11) is 1.22. The Morgan fingerprint density at radius 2 is 2.16 bits per heavy atom. The van der Waals surface area contributed by atoms with E-state index < -0.39 is 24.5 Å². The Kier molecular flexibility index (Phi) is 4.82. The van der Waals surface area contributed by atoms with Gasteiger partial charge in [-0.1, -0.05) is 0 Å². The highest BCUT2D eigenvalue weighted by atomic mass is 35.5. The van der Waals surface area contributed by atoms with Gasteiger partial charge in [-0.05, 0) is 0 Å². The number of carbonyl (C=O) groups is 1. The summed E-state index contributed by atoms with van der Waals surface area (Å²) in [6.07, 6.45) is -4.61. The minimum absolute atomic E-state index is 0.0108. The molecule has 0 fully saturated rings. The molecule has 1 rings (SSSR count). The number of pyridine rings is 1. The molecular weight excluding hydrogens is 291 g/mol. The van der Waals surface area contributed by atoms with Crippen molar-refractivity contribution in [1.29, 1.82) is 0 Å². The second-order valence-electron chi connectivity index (χ2n) is 3.33. The number of aliphatic carboxylic acids is 1. The molecule has 0 aromatic carbocycles. The van der Waals surface area contributed by atoms with Crippen LogP contribution in [0.1, 0.15) is 11.3 Å². The first kappa shape index (κ1) is 15.4. The molecule has 106 valence electrons. The Morgan fingerprint density at radius 1 is 1.53 bits per heavy atom. The maximum absolute atomic E-state index is 12.3. The summed E-state index contributed by atoms with van der Waals surface area (Å²) in [6.45, 7) is 0. The number of carboxylic acids is 1. The number of nitrogens with zero attached hydrogens (tertiary/aromatic N) is 1. The number of hydrogen-bond acceptors (Lipinski definition) is 4. The SMILES string of the molecule is COc1cnc(CC(=O)O)c(OC(F)(F)F)c1CCl. The van der Waals surface area contributed by atoms with Crippen molar-refractivity contribution in [2.75, 3.05) is 7.11 Å². The number of ether oxygens (including phenoxy) is 2. The molecule has 5 nitrogen and oxygen atoms in total. The molecule has 1 heterocycles. The van der Waals surface area contributed by atoms with Crippen molar-refractivity contribution in [3.8, 4) is 11.5 Å². The summed E-state index contributed by atoms with van der Waals surface area (Å²) in [5.41, 5.74) is -0.478. The number of methoxy groups -OCH3 is 1. The van der Waals surface area contributed by atoms with E-state index in [0.717, 1.165) is 6.20 Å². The predicted molar refractivity (Wildman–Crippen MR) is 58.4 cm³/mol. The summed E-state index contributed by atoms with van der Waals surface area (Å²) < 4.78 is 45.6. The Morgan fingerprint density at radius 3 is 2.58 bits per heavy atom. The lowest BCUT2D eigenvalue weighted by molar-refractivity contribution is -0.275. The van der Waals surface area contributed by atoms with E-state index in [1.165, 1.54) is 7.11 Å². The molecule has 1 N–H and O–H groups in total. The van der Waals surface area contributed by atoms with Crippen LogP contribution >= 0.6 is 11.6 Å². The van der Waals surface area contributed by atoms with Crippen LogP contribution in [-0.2, 0) is 17.1 Å². The predicted octanol–water partition coefficient (Wildman–Crippen LogP) is 2.35. The zero-order valence-electron chi connectivity index (χ0n) is 9.62. The van der Waals surface area contributed by atoms with Crippen LogP contribution in [0, 0.1) is 0 Å². The highest BCUT2D eigenvalue weighted by Gasteiger charge is 2.34. The van der Waals surface area contributed by atoms with E-state index in [-0.39, 0.29) is 22.9 Å². The second kappa shape index (κ2) is 5.96. The van der Waals surface area contributed by atoms with Crippen molar-refractivity contribution >= 4 is 17.6 Å². The molecule has 0 saturated carbocycles. The number of alkyl halides is 4. The van der Waals surface area contributed by atoms with E-state index in [2.05, 4.69) is 9.72 Å². The highest BCUT2D eigenvalue weighted by Crippen LogP contribution is 2.35. The molecule has 0 spiro atoms. The molecule has 19 heavy (non-hydrogen) atoms. The topological polar surface area (TPSA) is 68.7 Å². The summed E-state index contributed by atoms with van der Waals surface area (Å²) in [5.74, 6) is -2.43. The fraction of sp³-hybridized carbons (Fsp3) is 0.400. The average molecular weight is 300 g/mol. The maximum Gasteiger partial charge on any atom is 0.573 e. The maximum atomic E-state index is 12.3. The lowest BCUT2D eigenvalue weighted by Gasteiger charge is -2.17. The van der Waals surface area contributed by atoms with Gasteiger partial charge >= 0.3 is 12.3 Å². The van der Waals surface area contributed by atoms with Crippen LogP contribution in [-0.4, -0.2) is 29.5 Å². The van der Waals surface area contributed by atoms with Crippen LogP contribution in [0.2, 0.25) is 0 Å². The molecule has 0 aliphatic carbocycles. The fourth-order valence-electron chi connectivity index (χ4n) is 1.37. The van der Waals surface area contributed by atoms with Crippen molar-refractivity contribution in [3.05, 3.63) is 17.5 Å². The summed E-state index contributed by atoms with van der Waals surface area (Å²) in [6, 6.07) is 0. The monoisotopic (exact) mass is 299 g/mol. The van der Waals surface area contributed by atoms with Crippen LogP contribution in [0.4, 0.5) is 13.2 Å². The van der Waals surface area contributed by atoms with Gasteiger partial charge < -0.3 is 14.6 Å². The third-order valence-corrected chi connectivity index (χ3v) is 2.33. The van der Waals surface area contributed by atoms with Crippen LogP contribution in [0.5, 0.6) is 11.5 Å². The quantitative estimate of drug-likeness (QED) is 0.845. The minimum atomic E-state index is -4.98. The van der Waals surface area contributed by atoms with Gasteiger partial charge in [0.1, 0.15) is 5.75 Å². The molecule has 0 radical (unpaired) electrons. The van der Waals surface area contributed by atoms with Crippen LogP contribution in [0.3, 0.4) is 0 Å². The third-order valence-electron chi connectivity index (χ3n) is 2.06. The Balaban J connectivity index is 3.35. The van der Waals surface area contributed by atoms with Crippen LogP contribution in [0.15, 0.2) is 6.20 Å². The molecule has 0 saturated heterocycles. The van der Waals surface area contributed by atoms with E-state index >= 15 is 0 Å². The molecule has 0 aliphatic heterocycles. The Labute approximate surface area is 110 Å². The first-order valence-electron chi connectivity index (χ1n) is 4.86.